The van der Waals surface area contributed by atoms with Gasteiger partial charge in [0.15, 0.2) is 0 Å². The van der Waals surface area contributed by atoms with Gasteiger partial charge in [0.25, 0.3) is 0 Å². The first-order chi connectivity index (χ1) is 9.29. The predicted molar refractivity (Wildman–Crippen MR) is 72.7 cm³/mol. The van der Waals surface area contributed by atoms with E-state index in [1.807, 2.05) is 31.3 Å². The lowest BCUT2D eigenvalue weighted by molar-refractivity contribution is 0.458. The summed E-state index contributed by atoms with van der Waals surface area (Å²) in [5.41, 5.74) is 1.89. The smallest absolute Gasteiger partial charge is 0.134 e. The Morgan fingerprint density at radius 1 is 1.37 bits per heavy atom. The largest absolute Gasteiger partial charge is 0.459 e. The molecule has 0 saturated heterocycles. The van der Waals surface area contributed by atoms with E-state index < -0.39 is 0 Å². The zero-order chi connectivity index (χ0) is 13.2. The molecular weight excluding hydrogens is 240 g/mol. The summed E-state index contributed by atoms with van der Waals surface area (Å²) in [5, 5.41) is 12.4. The number of rotatable bonds is 4. The lowest BCUT2D eigenvalue weighted by Crippen LogP contribution is -2.23. The number of hydrogen-bond acceptors (Lipinski definition) is 4. The fourth-order valence-corrected chi connectivity index (χ4v) is 2.26. The first-order valence-electron chi connectivity index (χ1n) is 6.36. The number of benzene rings is 1. The first kappa shape index (κ1) is 11.9. The third kappa shape index (κ3) is 2.13. The number of aromatic nitrogens is 3. The van der Waals surface area contributed by atoms with Crippen molar-refractivity contribution in [3.05, 3.63) is 48.0 Å². The van der Waals surface area contributed by atoms with E-state index in [1.54, 1.807) is 10.9 Å². The Labute approximate surface area is 111 Å². The average molecular weight is 256 g/mol. The molecule has 0 aliphatic heterocycles. The molecule has 1 unspecified atom stereocenters. The van der Waals surface area contributed by atoms with Crippen molar-refractivity contribution >= 4 is 11.0 Å². The fourth-order valence-electron chi connectivity index (χ4n) is 2.26. The SMILES string of the molecule is CCNC(c1cc2ccccc2o1)c1cnnn1C. The highest BCUT2D eigenvalue weighted by Gasteiger charge is 2.20. The van der Waals surface area contributed by atoms with Crippen LogP contribution in [-0.4, -0.2) is 21.5 Å². The van der Waals surface area contributed by atoms with Crippen LogP contribution in [0.4, 0.5) is 0 Å². The Bertz CT molecular complexity index is 652. The van der Waals surface area contributed by atoms with Gasteiger partial charge in [-0.15, -0.1) is 5.10 Å². The second-order valence-corrected chi connectivity index (χ2v) is 4.46. The standard InChI is InChI=1S/C14H16N4O/c1-3-15-14(11-9-16-17-18(11)2)13-8-10-6-4-5-7-12(10)19-13/h4-9,14-15H,3H2,1-2H3. The molecule has 0 bridgehead atoms. The van der Waals surface area contributed by atoms with Crippen LogP contribution in [0, 0.1) is 0 Å². The fraction of sp³-hybridized carbons (Fsp3) is 0.286. The Morgan fingerprint density at radius 3 is 2.89 bits per heavy atom. The van der Waals surface area contributed by atoms with Gasteiger partial charge in [0.2, 0.25) is 0 Å². The van der Waals surface area contributed by atoms with Crippen molar-refractivity contribution in [1.82, 2.24) is 20.3 Å². The Kier molecular flexibility index (Phi) is 3.05. The topological polar surface area (TPSA) is 55.9 Å². The summed E-state index contributed by atoms with van der Waals surface area (Å²) in [4.78, 5) is 0. The van der Waals surface area contributed by atoms with Crippen LogP contribution in [0.3, 0.4) is 0 Å². The molecule has 3 aromatic rings. The highest BCUT2D eigenvalue weighted by Crippen LogP contribution is 2.27. The monoisotopic (exact) mass is 256 g/mol. The molecule has 2 heterocycles. The maximum atomic E-state index is 5.93. The minimum Gasteiger partial charge on any atom is -0.459 e. The molecule has 5 heteroatoms. The van der Waals surface area contributed by atoms with Crippen LogP contribution >= 0.6 is 0 Å². The van der Waals surface area contributed by atoms with Gasteiger partial charge in [0.05, 0.1) is 11.9 Å². The lowest BCUT2D eigenvalue weighted by Gasteiger charge is -2.14. The number of furan rings is 1. The molecule has 1 N–H and O–H groups in total. The molecule has 98 valence electrons. The van der Waals surface area contributed by atoms with Crippen molar-refractivity contribution in [1.29, 1.82) is 0 Å². The van der Waals surface area contributed by atoms with E-state index in [1.165, 1.54) is 0 Å². The minimum atomic E-state index is -0.0302. The average Bonchev–Trinajstić information content (AvgIpc) is 3.02. The van der Waals surface area contributed by atoms with Gasteiger partial charge < -0.3 is 9.73 Å². The first-order valence-corrected chi connectivity index (χ1v) is 6.36. The van der Waals surface area contributed by atoms with Crippen LogP contribution < -0.4 is 5.32 Å². The molecule has 0 amide bonds. The summed E-state index contributed by atoms with van der Waals surface area (Å²) in [6.45, 7) is 2.91. The number of aryl methyl sites for hydroxylation is 1. The Hall–Kier alpha value is -2.14. The summed E-state index contributed by atoms with van der Waals surface area (Å²) in [7, 11) is 1.88. The second-order valence-electron chi connectivity index (χ2n) is 4.46. The third-order valence-corrected chi connectivity index (χ3v) is 3.18. The van der Waals surface area contributed by atoms with Gasteiger partial charge in [0, 0.05) is 12.4 Å². The number of nitrogens with zero attached hydrogens (tertiary/aromatic N) is 3. The molecule has 0 aliphatic rings. The molecule has 0 saturated carbocycles. The van der Waals surface area contributed by atoms with Gasteiger partial charge in [-0.2, -0.15) is 0 Å². The molecule has 2 aromatic heterocycles. The van der Waals surface area contributed by atoms with Gasteiger partial charge in [-0.05, 0) is 18.7 Å². The number of fused-ring (bicyclic) bond motifs is 1. The molecule has 3 rings (SSSR count). The molecule has 1 atom stereocenters. The third-order valence-electron chi connectivity index (χ3n) is 3.18. The van der Waals surface area contributed by atoms with E-state index >= 15 is 0 Å². The van der Waals surface area contributed by atoms with Crippen molar-refractivity contribution in [2.24, 2.45) is 7.05 Å². The van der Waals surface area contributed by atoms with Crippen LogP contribution in [0.15, 0.2) is 40.9 Å². The van der Waals surface area contributed by atoms with Crippen LogP contribution in [0.5, 0.6) is 0 Å². The summed E-state index contributed by atoms with van der Waals surface area (Å²) in [6.07, 6.45) is 1.76. The van der Waals surface area contributed by atoms with E-state index in [0.29, 0.717) is 0 Å². The molecular formula is C14H16N4O. The van der Waals surface area contributed by atoms with Crippen LogP contribution in [0.1, 0.15) is 24.4 Å². The summed E-state index contributed by atoms with van der Waals surface area (Å²) in [6, 6.07) is 10.0. The van der Waals surface area contributed by atoms with E-state index in [2.05, 4.69) is 28.6 Å². The van der Waals surface area contributed by atoms with Crippen molar-refractivity contribution in [3.8, 4) is 0 Å². The minimum absolute atomic E-state index is 0.0302. The van der Waals surface area contributed by atoms with E-state index in [9.17, 15) is 0 Å². The molecule has 5 nitrogen and oxygen atoms in total. The molecule has 1 aromatic carbocycles. The molecule has 19 heavy (non-hydrogen) atoms. The van der Waals surface area contributed by atoms with E-state index in [0.717, 1.165) is 29.0 Å². The van der Waals surface area contributed by atoms with Gasteiger partial charge in [-0.3, -0.25) is 4.68 Å². The predicted octanol–water partition coefficient (Wildman–Crippen LogP) is 2.26. The van der Waals surface area contributed by atoms with Gasteiger partial charge in [0.1, 0.15) is 17.4 Å². The summed E-state index contributed by atoms with van der Waals surface area (Å²) in [5.74, 6) is 0.883. The molecule has 0 radical (unpaired) electrons. The van der Waals surface area contributed by atoms with Crippen LogP contribution in [0.2, 0.25) is 0 Å². The molecule has 0 spiro atoms. The van der Waals surface area contributed by atoms with Crippen LogP contribution in [-0.2, 0) is 7.05 Å². The quantitative estimate of drug-likeness (QED) is 0.778. The second kappa shape index (κ2) is 4.85. The highest BCUT2D eigenvalue weighted by molar-refractivity contribution is 5.77. The van der Waals surface area contributed by atoms with Gasteiger partial charge >= 0.3 is 0 Å². The van der Waals surface area contributed by atoms with Crippen molar-refractivity contribution in [3.63, 3.8) is 0 Å². The summed E-state index contributed by atoms with van der Waals surface area (Å²) < 4.78 is 7.69. The highest BCUT2D eigenvalue weighted by atomic mass is 16.3. The zero-order valence-electron chi connectivity index (χ0n) is 11.0. The van der Waals surface area contributed by atoms with Crippen molar-refractivity contribution < 1.29 is 4.42 Å². The van der Waals surface area contributed by atoms with Crippen molar-refractivity contribution in [2.75, 3.05) is 6.54 Å². The zero-order valence-corrected chi connectivity index (χ0v) is 11.0. The van der Waals surface area contributed by atoms with Crippen LogP contribution in [0.25, 0.3) is 11.0 Å². The van der Waals surface area contributed by atoms with Crippen molar-refractivity contribution in [2.45, 2.75) is 13.0 Å². The number of hydrogen-bond donors (Lipinski definition) is 1. The normalized spacial score (nSPS) is 12.9. The Balaban J connectivity index is 2.07. The maximum absolute atomic E-state index is 5.93. The Morgan fingerprint density at radius 2 is 2.21 bits per heavy atom. The van der Waals surface area contributed by atoms with E-state index in [-0.39, 0.29) is 6.04 Å². The lowest BCUT2D eigenvalue weighted by atomic mass is 10.1. The molecule has 0 fully saturated rings. The van der Waals surface area contributed by atoms with Gasteiger partial charge in [-0.25, -0.2) is 0 Å². The summed E-state index contributed by atoms with van der Waals surface area (Å²) >= 11 is 0. The van der Waals surface area contributed by atoms with E-state index in [4.69, 9.17) is 4.42 Å². The number of para-hydroxylation sites is 1. The maximum Gasteiger partial charge on any atom is 0.134 e. The molecule has 0 aliphatic carbocycles. The van der Waals surface area contributed by atoms with Gasteiger partial charge in [-0.1, -0.05) is 30.3 Å². The number of nitrogens with one attached hydrogen (secondary N) is 1.